The van der Waals surface area contributed by atoms with Crippen molar-refractivity contribution < 1.29 is 4.74 Å². The van der Waals surface area contributed by atoms with Gasteiger partial charge in [0, 0.05) is 32.9 Å². The molecule has 4 nitrogen and oxygen atoms in total. The van der Waals surface area contributed by atoms with Gasteiger partial charge in [0.1, 0.15) is 0 Å². The molecule has 1 aromatic rings. The fraction of sp³-hybridized carbons (Fsp3) is 0.462. The number of nitrogens with zero attached hydrogens (tertiary/aromatic N) is 2. The smallest absolute Gasteiger partial charge is 0.0772 e. The van der Waals surface area contributed by atoms with Gasteiger partial charge in [-0.3, -0.25) is 9.88 Å². The molecule has 0 aliphatic carbocycles. The quantitative estimate of drug-likeness (QED) is 0.800. The first-order valence-electron chi connectivity index (χ1n) is 5.88. The monoisotopic (exact) mass is 233 g/mol. The Kier molecular flexibility index (Phi) is 4.12. The maximum absolute atomic E-state index is 5.89. The SMILES string of the molecule is COCC1=CCN(Cc2ncccc2N)CC1. The van der Waals surface area contributed by atoms with Crippen LogP contribution in [0.25, 0.3) is 0 Å². The van der Waals surface area contributed by atoms with Crippen LogP contribution in [-0.4, -0.2) is 36.7 Å². The van der Waals surface area contributed by atoms with E-state index in [0.29, 0.717) is 0 Å². The minimum Gasteiger partial charge on any atom is -0.397 e. The van der Waals surface area contributed by atoms with Crippen LogP contribution in [-0.2, 0) is 11.3 Å². The van der Waals surface area contributed by atoms with Gasteiger partial charge in [0.25, 0.3) is 0 Å². The van der Waals surface area contributed by atoms with Crippen LogP contribution in [0, 0.1) is 0 Å². The fourth-order valence-corrected chi connectivity index (χ4v) is 2.01. The highest BCUT2D eigenvalue weighted by Crippen LogP contribution is 2.15. The van der Waals surface area contributed by atoms with Crippen LogP contribution >= 0.6 is 0 Å². The first-order valence-corrected chi connectivity index (χ1v) is 5.88. The Balaban J connectivity index is 1.92. The Morgan fingerprint density at radius 1 is 1.53 bits per heavy atom. The summed E-state index contributed by atoms with van der Waals surface area (Å²) < 4.78 is 5.13. The van der Waals surface area contributed by atoms with Gasteiger partial charge in [-0.1, -0.05) is 6.08 Å². The van der Waals surface area contributed by atoms with Crippen molar-refractivity contribution in [1.82, 2.24) is 9.88 Å². The summed E-state index contributed by atoms with van der Waals surface area (Å²) in [6.45, 7) is 3.57. The van der Waals surface area contributed by atoms with Gasteiger partial charge in [-0.25, -0.2) is 0 Å². The number of aromatic nitrogens is 1. The van der Waals surface area contributed by atoms with E-state index in [2.05, 4.69) is 16.0 Å². The second-order valence-corrected chi connectivity index (χ2v) is 4.32. The molecule has 17 heavy (non-hydrogen) atoms. The Labute approximate surface area is 102 Å². The minimum absolute atomic E-state index is 0.750. The molecule has 0 atom stereocenters. The van der Waals surface area contributed by atoms with E-state index in [9.17, 15) is 0 Å². The maximum atomic E-state index is 5.89. The Bertz CT molecular complexity index is 403. The van der Waals surface area contributed by atoms with E-state index in [-0.39, 0.29) is 0 Å². The van der Waals surface area contributed by atoms with E-state index in [1.807, 2.05) is 12.1 Å². The minimum atomic E-state index is 0.750. The number of rotatable bonds is 4. The predicted octanol–water partition coefficient (Wildman–Crippen LogP) is 1.44. The first-order chi connectivity index (χ1) is 8.29. The van der Waals surface area contributed by atoms with Crippen molar-refractivity contribution in [2.75, 3.05) is 32.5 Å². The molecule has 0 bridgehead atoms. The number of ether oxygens (including phenoxy) is 1. The summed E-state index contributed by atoms with van der Waals surface area (Å²) in [6.07, 6.45) is 5.11. The number of nitrogens with two attached hydrogens (primary N) is 1. The Morgan fingerprint density at radius 3 is 3.06 bits per heavy atom. The lowest BCUT2D eigenvalue weighted by atomic mass is 10.1. The summed E-state index contributed by atoms with van der Waals surface area (Å²) >= 11 is 0. The largest absolute Gasteiger partial charge is 0.397 e. The molecule has 2 rings (SSSR count). The molecular weight excluding hydrogens is 214 g/mol. The molecule has 0 spiro atoms. The zero-order chi connectivity index (χ0) is 12.1. The van der Waals surface area contributed by atoms with Crippen LogP contribution in [0.15, 0.2) is 30.0 Å². The molecule has 1 aromatic heterocycles. The van der Waals surface area contributed by atoms with Crippen LogP contribution in [0.1, 0.15) is 12.1 Å². The molecular formula is C13H19N3O. The number of anilines is 1. The first kappa shape index (κ1) is 12.1. The number of methoxy groups -OCH3 is 1. The van der Waals surface area contributed by atoms with E-state index in [4.69, 9.17) is 10.5 Å². The molecule has 2 N–H and O–H groups in total. The van der Waals surface area contributed by atoms with Gasteiger partial charge in [-0.05, 0) is 24.1 Å². The van der Waals surface area contributed by atoms with Crippen molar-refractivity contribution >= 4 is 5.69 Å². The number of hydrogen-bond acceptors (Lipinski definition) is 4. The third-order valence-corrected chi connectivity index (χ3v) is 3.02. The van der Waals surface area contributed by atoms with Crippen molar-refractivity contribution in [3.8, 4) is 0 Å². The highest BCUT2D eigenvalue weighted by Gasteiger charge is 2.13. The molecule has 2 heterocycles. The van der Waals surface area contributed by atoms with Crippen molar-refractivity contribution in [3.63, 3.8) is 0 Å². The van der Waals surface area contributed by atoms with Crippen LogP contribution in [0.5, 0.6) is 0 Å². The summed E-state index contributed by atoms with van der Waals surface area (Å²) in [5, 5.41) is 0. The zero-order valence-electron chi connectivity index (χ0n) is 10.2. The van der Waals surface area contributed by atoms with Crippen LogP contribution in [0.3, 0.4) is 0 Å². The fourth-order valence-electron chi connectivity index (χ4n) is 2.01. The molecule has 4 heteroatoms. The molecule has 0 fully saturated rings. The topological polar surface area (TPSA) is 51.4 Å². The lowest BCUT2D eigenvalue weighted by molar-refractivity contribution is 0.210. The summed E-state index contributed by atoms with van der Waals surface area (Å²) in [5.41, 5.74) is 9.02. The summed E-state index contributed by atoms with van der Waals surface area (Å²) in [5.74, 6) is 0. The average Bonchev–Trinajstić information content (AvgIpc) is 2.35. The third kappa shape index (κ3) is 3.28. The van der Waals surface area contributed by atoms with Crippen molar-refractivity contribution in [1.29, 1.82) is 0 Å². The lowest BCUT2D eigenvalue weighted by Gasteiger charge is -2.26. The third-order valence-electron chi connectivity index (χ3n) is 3.02. The Morgan fingerprint density at radius 2 is 2.41 bits per heavy atom. The highest BCUT2D eigenvalue weighted by molar-refractivity contribution is 5.41. The molecule has 0 amide bonds. The molecule has 1 aliphatic heterocycles. The van der Waals surface area contributed by atoms with E-state index in [1.54, 1.807) is 13.3 Å². The second kappa shape index (κ2) is 5.80. The van der Waals surface area contributed by atoms with Gasteiger partial charge in [-0.2, -0.15) is 0 Å². The molecule has 0 unspecified atom stereocenters. The van der Waals surface area contributed by atoms with Crippen LogP contribution in [0.4, 0.5) is 5.69 Å². The molecule has 1 aliphatic rings. The van der Waals surface area contributed by atoms with Crippen LogP contribution in [0.2, 0.25) is 0 Å². The highest BCUT2D eigenvalue weighted by atomic mass is 16.5. The normalized spacial score (nSPS) is 16.9. The van der Waals surface area contributed by atoms with Gasteiger partial charge < -0.3 is 10.5 Å². The summed E-state index contributed by atoms with van der Waals surface area (Å²) in [4.78, 5) is 6.66. The average molecular weight is 233 g/mol. The van der Waals surface area contributed by atoms with Gasteiger partial charge in [-0.15, -0.1) is 0 Å². The van der Waals surface area contributed by atoms with Crippen molar-refractivity contribution in [2.24, 2.45) is 0 Å². The molecule has 0 radical (unpaired) electrons. The second-order valence-electron chi connectivity index (χ2n) is 4.32. The van der Waals surface area contributed by atoms with Crippen molar-refractivity contribution in [3.05, 3.63) is 35.7 Å². The van der Waals surface area contributed by atoms with Gasteiger partial charge in [0.2, 0.25) is 0 Å². The molecule has 0 aromatic carbocycles. The zero-order valence-corrected chi connectivity index (χ0v) is 10.2. The number of hydrogen-bond donors (Lipinski definition) is 1. The maximum Gasteiger partial charge on any atom is 0.0772 e. The van der Waals surface area contributed by atoms with E-state index >= 15 is 0 Å². The molecule has 92 valence electrons. The van der Waals surface area contributed by atoms with Crippen LogP contribution < -0.4 is 5.73 Å². The van der Waals surface area contributed by atoms with Gasteiger partial charge in [0.05, 0.1) is 18.0 Å². The summed E-state index contributed by atoms with van der Waals surface area (Å²) in [7, 11) is 1.74. The standard InChI is InChI=1S/C13H19N3O/c1-17-10-11-4-7-16(8-5-11)9-13-12(14)3-2-6-15-13/h2-4,6H,5,7-10,14H2,1H3. The Hall–Kier alpha value is -1.39. The van der Waals surface area contributed by atoms with E-state index < -0.39 is 0 Å². The lowest BCUT2D eigenvalue weighted by Crippen LogP contribution is -2.29. The summed E-state index contributed by atoms with van der Waals surface area (Å²) in [6, 6.07) is 3.77. The van der Waals surface area contributed by atoms with Gasteiger partial charge in [0.15, 0.2) is 0 Å². The van der Waals surface area contributed by atoms with E-state index in [0.717, 1.165) is 44.0 Å². The van der Waals surface area contributed by atoms with Crippen molar-refractivity contribution in [2.45, 2.75) is 13.0 Å². The van der Waals surface area contributed by atoms with Gasteiger partial charge >= 0.3 is 0 Å². The number of pyridine rings is 1. The molecule has 0 saturated heterocycles. The van der Waals surface area contributed by atoms with E-state index in [1.165, 1.54) is 5.57 Å². The molecule has 0 saturated carbocycles. The number of nitrogen functional groups attached to an aromatic ring is 1. The predicted molar refractivity (Wildman–Crippen MR) is 68.5 cm³/mol.